The first kappa shape index (κ1) is 13.8. The van der Waals surface area contributed by atoms with Crippen LogP contribution in [0.5, 0.6) is 0 Å². The molecule has 2 aromatic rings. The highest BCUT2D eigenvalue weighted by Gasteiger charge is 2.27. The van der Waals surface area contributed by atoms with Gasteiger partial charge in [-0.25, -0.2) is 4.68 Å². The number of rotatable bonds is 4. The molecule has 6 heteroatoms. The number of hydrogen-bond acceptors (Lipinski definition) is 4. The molecule has 0 radical (unpaired) electrons. The van der Waals surface area contributed by atoms with Crippen LogP contribution in [0.2, 0.25) is 0 Å². The predicted octanol–water partition coefficient (Wildman–Crippen LogP) is 1.95. The van der Waals surface area contributed by atoms with Gasteiger partial charge in [-0.05, 0) is 31.0 Å². The van der Waals surface area contributed by atoms with Crippen LogP contribution in [0.4, 0.5) is 5.69 Å². The van der Waals surface area contributed by atoms with Crippen LogP contribution in [-0.4, -0.2) is 20.9 Å². The fourth-order valence-corrected chi connectivity index (χ4v) is 2.67. The van der Waals surface area contributed by atoms with E-state index in [9.17, 15) is 4.79 Å². The molecule has 0 saturated heterocycles. The highest BCUT2D eigenvalue weighted by Crippen LogP contribution is 2.38. The minimum Gasteiger partial charge on any atom is -0.326 e. The van der Waals surface area contributed by atoms with Crippen LogP contribution < -0.4 is 11.1 Å². The first-order valence-corrected chi connectivity index (χ1v) is 7.21. The molecule has 0 aliphatic heterocycles. The third-order valence-corrected chi connectivity index (χ3v) is 3.88. The van der Waals surface area contributed by atoms with Gasteiger partial charge in [-0.15, -0.1) is 5.10 Å². The van der Waals surface area contributed by atoms with Crippen molar-refractivity contribution in [3.63, 3.8) is 0 Å². The van der Waals surface area contributed by atoms with Crippen LogP contribution in [0, 0.1) is 0 Å². The predicted molar refractivity (Wildman–Crippen MR) is 80.1 cm³/mol. The Morgan fingerprint density at radius 1 is 1.48 bits per heavy atom. The molecule has 1 fully saturated rings. The zero-order valence-electron chi connectivity index (χ0n) is 12.0. The summed E-state index contributed by atoms with van der Waals surface area (Å²) in [5.74, 6) is 0.399. The average Bonchev–Trinajstić information content (AvgIpc) is 2.80. The van der Waals surface area contributed by atoms with E-state index < -0.39 is 0 Å². The number of benzene rings is 1. The molecule has 1 aromatic carbocycles. The zero-order valence-corrected chi connectivity index (χ0v) is 12.0. The zero-order chi connectivity index (χ0) is 14.8. The van der Waals surface area contributed by atoms with E-state index in [0.29, 0.717) is 12.5 Å². The maximum atomic E-state index is 11.2. The first-order valence-electron chi connectivity index (χ1n) is 7.21. The first-order chi connectivity index (χ1) is 10.2. The summed E-state index contributed by atoms with van der Waals surface area (Å²) in [5.41, 5.74) is 9.41. The fraction of sp³-hybridized carbons (Fsp3) is 0.400. The molecular formula is C15H19N5O. The summed E-state index contributed by atoms with van der Waals surface area (Å²) in [4.78, 5) is 11.2. The molecule has 6 nitrogen and oxygen atoms in total. The number of carbonyl (C=O) groups excluding carboxylic acids is 1. The maximum absolute atomic E-state index is 11.2. The minimum absolute atomic E-state index is 0.0902. The standard InChI is InChI=1S/C15H19N5O/c1-10(21)17-12-6-3-7-13(8-12)20-15(11-4-2-5-11)14(9-16)18-19-20/h3,6-8,11H,2,4-5,9,16H2,1H3,(H,17,21). The molecule has 21 heavy (non-hydrogen) atoms. The van der Waals surface area contributed by atoms with E-state index in [1.807, 2.05) is 28.9 Å². The molecule has 1 aliphatic rings. The number of nitrogens with one attached hydrogen (secondary N) is 1. The van der Waals surface area contributed by atoms with E-state index in [0.717, 1.165) is 35.6 Å². The van der Waals surface area contributed by atoms with E-state index >= 15 is 0 Å². The second-order valence-corrected chi connectivity index (χ2v) is 5.40. The largest absolute Gasteiger partial charge is 0.326 e. The van der Waals surface area contributed by atoms with Crippen molar-refractivity contribution in [1.82, 2.24) is 15.0 Å². The number of anilines is 1. The molecule has 0 atom stereocenters. The second kappa shape index (κ2) is 5.65. The van der Waals surface area contributed by atoms with Gasteiger partial charge in [0.25, 0.3) is 0 Å². The van der Waals surface area contributed by atoms with Gasteiger partial charge in [-0.2, -0.15) is 0 Å². The van der Waals surface area contributed by atoms with Gasteiger partial charge < -0.3 is 11.1 Å². The Bertz CT molecular complexity index is 660. The van der Waals surface area contributed by atoms with Gasteiger partial charge in [0.1, 0.15) is 5.69 Å². The molecule has 3 N–H and O–H groups in total. The second-order valence-electron chi connectivity index (χ2n) is 5.40. The maximum Gasteiger partial charge on any atom is 0.221 e. The van der Waals surface area contributed by atoms with Gasteiger partial charge in [0, 0.05) is 25.1 Å². The molecule has 110 valence electrons. The molecule has 0 spiro atoms. The fourth-order valence-electron chi connectivity index (χ4n) is 2.67. The number of aromatic nitrogens is 3. The monoisotopic (exact) mass is 285 g/mol. The van der Waals surface area contributed by atoms with Crippen LogP contribution in [0.3, 0.4) is 0 Å². The number of nitrogens with zero attached hydrogens (tertiary/aromatic N) is 3. The van der Waals surface area contributed by atoms with Crippen LogP contribution in [0.25, 0.3) is 5.69 Å². The molecule has 3 rings (SSSR count). The van der Waals surface area contributed by atoms with Crippen molar-refractivity contribution in [3.8, 4) is 5.69 Å². The third kappa shape index (κ3) is 2.67. The summed E-state index contributed by atoms with van der Waals surface area (Å²) in [7, 11) is 0. The highest BCUT2D eigenvalue weighted by molar-refractivity contribution is 5.88. The number of carbonyl (C=O) groups is 1. The number of hydrogen-bond donors (Lipinski definition) is 2. The SMILES string of the molecule is CC(=O)Nc1cccc(-n2nnc(CN)c2C2CCC2)c1. The van der Waals surface area contributed by atoms with E-state index in [1.54, 1.807) is 0 Å². The van der Waals surface area contributed by atoms with Gasteiger partial charge in [0.2, 0.25) is 5.91 Å². The van der Waals surface area contributed by atoms with E-state index in [4.69, 9.17) is 5.73 Å². The molecule has 1 amide bonds. The van der Waals surface area contributed by atoms with E-state index in [1.165, 1.54) is 13.3 Å². The molecule has 1 saturated carbocycles. The Hall–Kier alpha value is -2.21. The lowest BCUT2D eigenvalue weighted by Crippen LogP contribution is -2.17. The Kier molecular flexibility index (Phi) is 3.70. The molecule has 1 heterocycles. The van der Waals surface area contributed by atoms with Crippen LogP contribution in [-0.2, 0) is 11.3 Å². The normalized spacial score (nSPS) is 14.8. The van der Waals surface area contributed by atoms with Crippen molar-refractivity contribution in [1.29, 1.82) is 0 Å². The topological polar surface area (TPSA) is 85.8 Å². The Labute approximate surface area is 123 Å². The third-order valence-electron chi connectivity index (χ3n) is 3.88. The van der Waals surface area contributed by atoms with Gasteiger partial charge in [-0.3, -0.25) is 4.79 Å². The van der Waals surface area contributed by atoms with E-state index in [2.05, 4.69) is 15.6 Å². The summed E-state index contributed by atoms with van der Waals surface area (Å²) in [5, 5.41) is 11.2. The van der Waals surface area contributed by atoms with Crippen LogP contribution >= 0.6 is 0 Å². The summed E-state index contributed by atoms with van der Waals surface area (Å²) in [6.45, 7) is 1.89. The van der Waals surface area contributed by atoms with E-state index in [-0.39, 0.29) is 5.91 Å². The molecule has 0 unspecified atom stereocenters. The summed E-state index contributed by atoms with van der Waals surface area (Å²) < 4.78 is 1.86. The quantitative estimate of drug-likeness (QED) is 0.899. The smallest absolute Gasteiger partial charge is 0.221 e. The van der Waals surface area contributed by atoms with Gasteiger partial charge in [0.15, 0.2) is 0 Å². The van der Waals surface area contributed by atoms with Gasteiger partial charge >= 0.3 is 0 Å². The Morgan fingerprint density at radius 2 is 2.29 bits per heavy atom. The van der Waals surface area contributed by atoms with Crippen molar-refractivity contribution in [2.45, 2.75) is 38.6 Å². The lowest BCUT2D eigenvalue weighted by Gasteiger charge is -2.26. The molecular weight excluding hydrogens is 266 g/mol. The Balaban J connectivity index is 2.00. The molecule has 0 bridgehead atoms. The van der Waals surface area contributed by atoms with Crippen molar-refractivity contribution >= 4 is 11.6 Å². The van der Waals surface area contributed by atoms with Crippen molar-refractivity contribution in [2.24, 2.45) is 5.73 Å². The molecule has 1 aliphatic carbocycles. The number of nitrogens with two attached hydrogens (primary N) is 1. The van der Waals surface area contributed by atoms with Gasteiger partial charge in [-0.1, -0.05) is 17.7 Å². The van der Waals surface area contributed by atoms with Crippen molar-refractivity contribution in [3.05, 3.63) is 35.7 Å². The van der Waals surface area contributed by atoms with Crippen molar-refractivity contribution in [2.75, 3.05) is 5.32 Å². The summed E-state index contributed by atoms with van der Waals surface area (Å²) in [6, 6.07) is 7.62. The highest BCUT2D eigenvalue weighted by atomic mass is 16.1. The van der Waals surface area contributed by atoms with Crippen LogP contribution in [0.1, 0.15) is 43.5 Å². The average molecular weight is 285 g/mol. The summed E-state index contributed by atoms with van der Waals surface area (Å²) in [6.07, 6.45) is 3.56. The minimum atomic E-state index is -0.0902. The molecule has 1 aromatic heterocycles. The van der Waals surface area contributed by atoms with Crippen molar-refractivity contribution < 1.29 is 4.79 Å². The summed E-state index contributed by atoms with van der Waals surface area (Å²) >= 11 is 0. The number of amides is 1. The van der Waals surface area contributed by atoms with Gasteiger partial charge in [0.05, 0.1) is 11.4 Å². The lowest BCUT2D eigenvalue weighted by molar-refractivity contribution is -0.114. The lowest BCUT2D eigenvalue weighted by atomic mass is 9.82. The Morgan fingerprint density at radius 3 is 2.90 bits per heavy atom. The van der Waals surface area contributed by atoms with Crippen LogP contribution in [0.15, 0.2) is 24.3 Å².